The summed E-state index contributed by atoms with van der Waals surface area (Å²) in [5, 5.41) is 3.66. The first-order valence-electron chi connectivity index (χ1n) is 6.40. The molecule has 84 valence electrons. The van der Waals surface area contributed by atoms with Crippen LogP contribution in [0.2, 0.25) is 0 Å². The van der Waals surface area contributed by atoms with Gasteiger partial charge in [0.1, 0.15) is 0 Å². The Hall–Kier alpha value is -0.0400. The van der Waals surface area contributed by atoms with Crippen molar-refractivity contribution in [2.75, 3.05) is 6.54 Å². The molecule has 1 N–H and O–H groups in total. The van der Waals surface area contributed by atoms with Gasteiger partial charge < -0.3 is 5.32 Å². The Labute approximate surface area is 89.7 Å². The average molecular weight is 197 g/mol. The van der Waals surface area contributed by atoms with Crippen LogP contribution in [0.5, 0.6) is 0 Å². The monoisotopic (exact) mass is 197 g/mol. The van der Waals surface area contributed by atoms with Gasteiger partial charge in [-0.2, -0.15) is 0 Å². The van der Waals surface area contributed by atoms with E-state index in [1.807, 2.05) is 0 Å². The number of hydrogen-bond acceptors (Lipinski definition) is 1. The lowest BCUT2D eigenvalue weighted by Gasteiger charge is -2.39. The maximum absolute atomic E-state index is 3.66. The van der Waals surface area contributed by atoms with Crippen molar-refractivity contribution in [2.24, 2.45) is 17.8 Å². The van der Waals surface area contributed by atoms with Crippen molar-refractivity contribution in [2.45, 2.75) is 59.4 Å². The average Bonchev–Trinajstić information content (AvgIpc) is 2.14. The van der Waals surface area contributed by atoms with E-state index in [2.05, 4.69) is 33.0 Å². The van der Waals surface area contributed by atoms with E-state index in [1.165, 1.54) is 32.2 Å². The van der Waals surface area contributed by atoms with Crippen molar-refractivity contribution >= 4 is 0 Å². The summed E-state index contributed by atoms with van der Waals surface area (Å²) in [7, 11) is 0. The van der Waals surface area contributed by atoms with Gasteiger partial charge in [0.15, 0.2) is 0 Å². The molecule has 0 bridgehead atoms. The third-order valence-corrected chi connectivity index (χ3v) is 3.93. The largest absolute Gasteiger partial charge is 0.314 e. The molecule has 1 saturated carbocycles. The van der Waals surface area contributed by atoms with Gasteiger partial charge in [0.2, 0.25) is 0 Å². The standard InChI is InChI=1S/C13H27N/c1-5-9-14-12(4)13-10(2)7-6-8-11(13)3/h10-14H,5-9H2,1-4H3. The molecule has 1 rings (SSSR count). The topological polar surface area (TPSA) is 12.0 Å². The van der Waals surface area contributed by atoms with E-state index in [0.717, 1.165) is 17.8 Å². The van der Waals surface area contributed by atoms with E-state index >= 15 is 0 Å². The van der Waals surface area contributed by atoms with Gasteiger partial charge in [-0.05, 0) is 37.6 Å². The highest BCUT2D eigenvalue weighted by atomic mass is 14.9. The molecule has 3 unspecified atom stereocenters. The summed E-state index contributed by atoms with van der Waals surface area (Å²) in [6.07, 6.45) is 5.57. The van der Waals surface area contributed by atoms with Crippen LogP contribution in [0.4, 0.5) is 0 Å². The summed E-state index contributed by atoms with van der Waals surface area (Å²) in [6.45, 7) is 10.7. The number of hydrogen-bond donors (Lipinski definition) is 1. The second-order valence-electron chi connectivity index (χ2n) is 5.21. The molecule has 0 aromatic carbocycles. The number of rotatable bonds is 4. The van der Waals surface area contributed by atoms with Gasteiger partial charge in [-0.15, -0.1) is 0 Å². The molecule has 0 saturated heterocycles. The van der Waals surface area contributed by atoms with Crippen molar-refractivity contribution in [3.05, 3.63) is 0 Å². The molecule has 0 aliphatic heterocycles. The van der Waals surface area contributed by atoms with E-state index in [0.29, 0.717) is 6.04 Å². The highest BCUT2D eigenvalue weighted by Gasteiger charge is 2.31. The van der Waals surface area contributed by atoms with Crippen LogP contribution in [0.3, 0.4) is 0 Å². The molecule has 3 atom stereocenters. The Bertz CT molecular complexity index is 145. The molecule has 1 aliphatic carbocycles. The molecular formula is C13H27N. The predicted octanol–water partition coefficient (Wildman–Crippen LogP) is 3.45. The van der Waals surface area contributed by atoms with Gasteiger partial charge in [0.25, 0.3) is 0 Å². The van der Waals surface area contributed by atoms with Crippen LogP contribution < -0.4 is 5.32 Å². The minimum Gasteiger partial charge on any atom is -0.314 e. The zero-order valence-electron chi connectivity index (χ0n) is 10.3. The smallest absolute Gasteiger partial charge is 0.00720 e. The molecule has 1 nitrogen and oxygen atoms in total. The summed E-state index contributed by atoms with van der Waals surface area (Å²) in [5.74, 6) is 2.73. The van der Waals surface area contributed by atoms with E-state index in [-0.39, 0.29) is 0 Å². The van der Waals surface area contributed by atoms with E-state index in [9.17, 15) is 0 Å². The van der Waals surface area contributed by atoms with Crippen LogP contribution in [-0.4, -0.2) is 12.6 Å². The van der Waals surface area contributed by atoms with Gasteiger partial charge in [0, 0.05) is 6.04 Å². The van der Waals surface area contributed by atoms with Gasteiger partial charge in [-0.3, -0.25) is 0 Å². The van der Waals surface area contributed by atoms with Crippen LogP contribution in [0, 0.1) is 17.8 Å². The Kier molecular flexibility index (Phi) is 4.94. The quantitative estimate of drug-likeness (QED) is 0.728. The number of nitrogens with one attached hydrogen (secondary N) is 1. The summed E-state index contributed by atoms with van der Waals surface area (Å²) in [4.78, 5) is 0. The first-order chi connectivity index (χ1) is 6.66. The first-order valence-corrected chi connectivity index (χ1v) is 6.40. The summed E-state index contributed by atoms with van der Waals surface area (Å²) in [6, 6.07) is 0.709. The van der Waals surface area contributed by atoms with Gasteiger partial charge in [-0.25, -0.2) is 0 Å². The SMILES string of the molecule is CCCNC(C)C1C(C)CCCC1C. The van der Waals surface area contributed by atoms with Crippen LogP contribution >= 0.6 is 0 Å². The summed E-state index contributed by atoms with van der Waals surface area (Å²) >= 11 is 0. The van der Waals surface area contributed by atoms with Crippen molar-refractivity contribution in [1.29, 1.82) is 0 Å². The molecule has 0 aromatic rings. The fourth-order valence-corrected chi connectivity index (χ4v) is 3.20. The maximum atomic E-state index is 3.66. The van der Waals surface area contributed by atoms with Crippen molar-refractivity contribution in [3.63, 3.8) is 0 Å². The van der Waals surface area contributed by atoms with Crippen molar-refractivity contribution in [1.82, 2.24) is 5.32 Å². The third kappa shape index (κ3) is 2.98. The lowest BCUT2D eigenvalue weighted by atomic mass is 9.70. The molecule has 0 amide bonds. The molecular weight excluding hydrogens is 170 g/mol. The lowest BCUT2D eigenvalue weighted by molar-refractivity contribution is 0.138. The molecule has 0 spiro atoms. The lowest BCUT2D eigenvalue weighted by Crippen LogP contribution is -2.42. The zero-order valence-corrected chi connectivity index (χ0v) is 10.3. The van der Waals surface area contributed by atoms with Gasteiger partial charge in [0.05, 0.1) is 0 Å². The second kappa shape index (κ2) is 5.75. The van der Waals surface area contributed by atoms with Crippen LogP contribution in [-0.2, 0) is 0 Å². The molecule has 1 fully saturated rings. The molecule has 0 radical (unpaired) electrons. The van der Waals surface area contributed by atoms with Crippen molar-refractivity contribution in [3.8, 4) is 0 Å². The van der Waals surface area contributed by atoms with Crippen LogP contribution in [0.15, 0.2) is 0 Å². The fourth-order valence-electron chi connectivity index (χ4n) is 3.20. The zero-order chi connectivity index (χ0) is 10.6. The van der Waals surface area contributed by atoms with Crippen molar-refractivity contribution < 1.29 is 0 Å². The second-order valence-corrected chi connectivity index (χ2v) is 5.21. The molecule has 1 aliphatic rings. The van der Waals surface area contributed by atoms with Gasteiger partial charge >= 0.3 is 0 Å². The predicted molar refractivity (Wildman–Crippen MR) is 63.4 cm³/mol. The Morgan fingerprint density at radius 1 is 1.21 bits per heavy atom. The Balaban J connectivity index is 2.45. The van der Waals surface area contributed by atoms with E-state index in [1.54, 1.807) is 0 Å². The van der Waals surface area contributed by atoms with E-state index < -0.39 is 0 Å². The molecule has 14 heavy (non-hydrogen) atoms. The summed E-state index contributed by atoms with van der Waals surface area (Å²) in [5.41, 5.74) is 0. The maximum Gasteiger partial charge on any atom is 0.00720 e. The highest BCUT2D eigenvalue weighted by Crippen LogP contribution is 2.36. The molecule has 0 aromatic heterocycles. The fraction of sp³-hybridized carbons (Fsp3) is 1.00. The van der Waals surface area contributed by atoms with Crippen LogP contribution in [0.1, 0.15) is 53.4 Å². The van der Waals surface area contributed by atoms with Gasteiger partial charge in [-0.1, -0.05) is 40.0 Å². The van der Waals surface area contributed by atoms with E-state index in [4.69, 9.17) is 0 Å². The Morgan fingerprint density at radius 3 is 2.29 bits per heavy atom. The minimum atomic E-state index is 0.709. The van der Waals surface area contributed by atoms with Crippen LogP contribution in [0.25, 0.3) is 0 Å². The highest BCUT2D eigenvalue weighted by molar-refractivity contribution is 4.84. The minimum absolute atomic E-state index is 0.709. The Morgan fingerprint density at radius 2 is 1.79 bits per heavy atom. The molecule has 0 heterocycles. The normalized spacial score (nSPS) is 35.6. The first kappa shape index (κ1) is 12.0. The summed E-state index contributed by atoms with van der Waals surface area (Å²) < 4.78 is 0. The third-order valence-electron chi connectivity index (χ3n) is 3.93. The molecule has 1 heteroatoms.